The molecular formula is C23H16FNO3. The molecule has 0 bridgehead atoms. The van der Waals surface area contributed by atoms with E-state index in [2.05, 4.69) is 0 Å². The molecule has 1 N–H and O–H groups in total. The monoisotopic (exact) mass is 373 g/mol. The van der Waals surface area contributed by atoms with Crippen LogP contribution in [0.25, 0.3) is 5.76 Å². The van der Waals surface area contributed by atoms with Crippen LogP contribution < -0.4 is 4.90 Å². The van der Waals surface area contributed by atoms with Crippen molar-refractivity contribution in [3.8, 4) is 0 Å². The van der Waals surface area contributed by atoms with Crippen molar-refractivity contribution in [3.63, 3.8) is 0 Å². The summed E-state index contributed by atoms with van der Waals surface area (Å²) >= 11 is 0. The number of carbonyl (C=O) groups is 2. The van der Waals surface area contributed by atoms with Gasteiger partial charge in [0.1, 0.15) is 11.6 Å². The van der Waals surface area contributed by atoms with Crippen LogP contribution in [-0.2, 0) is 9.59 Å². The van der Waals surface area contributed by atoms with Crippen LogP contribution in [0, 0.1) is 5.82 Å². The Balaban J connectivity index is 1.98. The quantitative estimate of drug-likeness (QED) is 0.419. The van der Waals surface area contributed by atoms with Crippen molar-refractivity contribution in [2.24, 2.45) is 0 Å². The van der Waals surface area contributed by atoms with Gasteiger partial charge in [0, 0.05) is 16.8 Å². The number of aliphatic hydroxyl groups is 1. The maximum atomic E-state index is 14.7. The number of amides is 1. The Labute approximate surface area is 161 Å². The summed E-state index contributed by atoms with van der Waals surface area (Å²) in [5, 5.41) is 10.9. The minimum absolute atomic E-state index is 0.134. The smallest absolute Gasteiger partial charge is 0.300 e. The van der Waals surface area contributed by atoms with Crippen molar-refractivity contribution in [1.29, 1.82) is 0 Å². The summed E-state index contributed by atoms with van der Waals surface area (Å²) in [6, 6.07) is 21.9. The first kappa shape index (κ1) is 17.7. The van der Waals surface area contributed by atoms with Crippen LogP contribution in [-0.4, -0.2) is 16.8 Å². The molecule has 0 saturated carbocycles. The second-order valence-corrected chi connectivity index (χ2v) is 6.39. The largest absolute Gasteiger partial charge is 0.507 e. The fourth-order valence-corrected chi connectivity index (χ4v) is 3.43. The number of benzene rings is 3. The van der Waals surface area contributed by atoms with Crippen LogP contribution >= 0.6 is 0 Å². The molecule has 0 unspecified atom stereocenters. The van der Waals surface area contributed by atoms with Gasteiger partial charge < -0.3 is 5.11 Å². The molecule has 0 aromatic heterocycles. The summed E-state index contributed by atoms with van der Waals surface area (Å²) in [6.07, 6.45) is 0. The Morgan fingerprint density at radius 2 is 1.39 bits per heavy atom. The van der Waals surface area contributed by atoms with E-state index in [0.717, 1.165) is 0 Å². The third kappa shape index (κ3) is 2.87. The second kappa shape index (κ2) is 7.12. The Hall–Kier alpha value is -3.73. The van der Waals surface area contributed by atoms with E-state index in [1.807, 2.05) is 0 Å². The molecule has 0 spiro atoms. The normalized spacial score (nSPS) is 18.5. The third-order valence-electron chi connectivity index (χ3n) is 4.73. The molecule has 3 aromatic carbocycles. The molecule has 1 saturated heterocycles. The van der Waals surface area contributed by atoms with Crippen molar-refractivity contribution in [2.75, 3.05) is 4.90 Å². The Kier molecular flexibility index (Phi) is 4.49. The minimum Gasteiger partial charge on any atom is -0.507 e. The second-order valence-electron chi connectivity index (χ2n) is 6.39. The zero-order valence-electron chi connectivity index (χ0n) is 14.7. The van der Waals surface area contributed by atoms with Crippen molar-refractivity contribution in [2.45, 2.75) is 6.04 Å². The third-order valence-corrected chi connectivity index (χ3v) is 4.73. The van der Waals surface area contributed by atoms with Crippen LogP contribution in [0.3, 0.4) is 0 Å². The van der Waals surface area contributed by atoms with E-state index in [9.17, 15) is 19.1 Å². The topological polar surface area (TPSA) is 57.6 Å². The zero-order valence-corrected chi connectivity index (χ0v) is 14.7. The molecule has 138 valence electrons. The van der Waals surface area contributed by atoms with Crippen LogP contribution in [0.15, 0.2) is 90.5 Å². The molecule has 1 amide bonds. The van der Waals surface area contributed by atoms with Gasteiger partial charge in [-0.05, 0) is 18.2 Å². The molecule has 3 aromatic rings. The number of nitrogens with zero attached hydrogens (tertiary/aromatic N) is 1. The number of hydrogen-bond donors (Lipinski definition) is 1. The molecule has 0 radical (unpaired) electrons. The standard InChI is InChI=1S/C23H16FNO3/c24-18-14-8-7-13-17(18)20-19(21(26)15-9-3-1-4-10-15)22(27)23(28)25(20)16-11-5-2-6-12-16/h1-14,20,26H/b21-19+/t20-/m1/s1. The molecule has 4 nitrogen and oxygen atoms in total. The highest BCUT2D eigenvalue weighted by molar-refractivity contribution is 6.51. The fraction of sp³-hybridized carbons (Fsp3) is 0.0435. The number of anilines is 1. The Morgan fingerprint density at radius 3 is 2.04 bits per heavy atom. The van der Waals surface area contributed by atoms with Crippen LogP contribution in [0.1, 0.15) is 17.2 Å². The number of para-hydroxylation sites is 1. The molecular weight excluding hydrogens is 357 g/mol. The lowest BCUT2D eigenvalue weighted by Gasteiger charge is -2.25. The van der Waals surface area contributed by atoms with Gasteiger partial charge in [-0.25, -0.2) is 4.39 Å². The Bertz CT molecular complexity index is 1080. The first-order valence-corrected chi connectivity index (χ1v) is 8.75. The van der Waals surface area contributed by atoms with Gasteiger partial charge in [-0.3, -0.25) is 14.5 Å². The first-order chi connectivity index (χ1) is 13.6. The number of carbonyl (C=O) groups excluding carboxylic acids is 2. The predicted molar refractivity (Wildman–Crippen MR) is 104 cm³/mol. The van der Waals surface area contributed by atoms with Gasteiger partial charge in [0.15, 0.2) is 0 Å². The highest BCUT2D eigenvalue weighted by atomic mass is 19.1. The molecule has 1 fully saturated rings. The Morgan fingerprint density at radius 1 is 0.821 bits per heavy atom. The summed E-state index contributed by atoms with van der Waals surface area (Å²) in [5.74, 6) is -2.55. The van der Waals surface area contributed by atoms with Gasteiger partial charge in [0.05, 0.1) is 11.6 Å². The summed E-state index contributed by atoms with van der Waals surface area (Å²) in [7, 11) is 0. The average molecular weight is 373 g/mol. The van der Waals surface area contributed by atoms with E-state index in [-0.39, 0.29) is 16.9 Å². The molecule has 1 atom stereocenters. The maximum absolute atomic E-state index is 14.7. The molecule has 0 aliphatic carbocycles. The van der Waals surface area contributed by atoms with Gasteiger partial charge in [0.2, 0.25) is 0 Å². The number of rotatable bonds is 3. The maximum Gasteiger partial charge on any atom is 0.300 e. The fourth-order valence-electron chi connectivity index (χ4n) is 3.43. The van der Waals surface area contributed by atoms with Crippen molar-refractivity contribution < 1.29 is 19.1 Å². The van der Waals surface area contributed by atoms with Crippen molar-refractivity contribution >= 4 is 23.1 Å². The van der Waals surface area contributed by atoms with Crippen LogP contribution in [0.4, 0.5) is 10.1 Å². The van der Waals surface area contributed by atoms with E-state index in [0.29, 0.717) is 11.3 Å². The highest BCUT2D eigenvalue weighted by Crippen LogP contribution is 2.42. The molecule has 1 heterocycles. The number of aliphatic hydroxyl groups excluding tert-OH is 1. The molecule has 4 rings (SSSR count). The summed E-state index contributed by atoms with van der Waals surface area (Å²) in [6.45, 7) is 0. The summed E-state index contributed by atoms with van der Waals surface area (Å²) < 4.78 is 14.7. The number of halogens is 1. The van der Waals surface area contributed by atoms with E-state index in [1.54, 1.807) is 66.7 Å². The van der Waals surface area contributed by atoms with Crippen LogP contribution in [0.2, 0.25) is 0 Å². The highest BCUT2D eigenvalue weighted by Gasteiger charge is 2.47. The van der Waals surface area contributed by atoms with Gasteiger partial charge in [-0.2, -0.15) is 0 Å². The number of Topliss-reactive ketones (excluding diaryl/α,β-unsaturated/α-hetero) is 1. The minimum atomic E-state index is -1.07. The van der Waals surface area contributed by atoms with Crippen molar-refractivity contribution in [1.82, 2.24) is 0 Å². The molecule has 5 heteroatoms. The molecule has 28 heavy (non-hydrogen) atoms. The van der Waals surface area contributed by atoms with E-state index < -0.39 is 23.5 Å². The summed E-state index contributed by atoms with van der Waals surface area (Å²) in [5.41, 5.74) is 0.841. The zero-order chi connectivity index (χ0) is 19.7. The lowest BCUT2D eigenvalue weighted by atomic mass is 9.95. The molecule has 1 aliphatic rings. The van der Waals surface area contributed by atoms with Gasteiger partial charge in [-0.15, -0.1) is 0 Å². The van der Waals surface area contributed by atoms with E-state index >= 15 is 0 Å². The molecule has 1 aliphatic heterocycles. The van der Waals surface area contributed by atoms with Gasteiger partial charge in [-0.1, -0.05) is 66.7 Å². The first-order valence-electron chi connectivity index (χ1n) is 8.75. The lowest BCUT2D eigenvalue weighted by molar-refractivity contribution is -0.132. The lowest BCUT2D eigenvalue weighted by Crippen LogP contribution is -2.29. The summed E-state index contributed by atoms with van der Waals surface area (Å²) in [4.78, 5) is 27.0. The van der Waals surface area contributed by atoms with E-state index in [4.69, 9.17) is 0 Å². The SMILES string of the molecule is O=C1C(=O)N(c2ccccc2)[C@H](c2ccccc2F)/C1=C(\O)c1ccccc1. The average Bonchev–Trinajstić information content (AvgIpc) is 3.00. The van der Waals surface area contributed by atoms with Gasteiger partial charge in [0.25, 0.3) is 11.7 Å². The van der Waals surface area contributed by atoms with Crippen molar-refractivity contribution in [3.05, 3.63) is 107 Å². The van der Waals surface area contributed by atoms with Crippen LogP contribution in [0.5, 0.6) is 0 Å². The van der Waals surface area contributed by atoms with Gasteiger partial charge >= 0.3 is 0 Å². The predicted octanol–water partition coefficient (Wildman–Crippen LogP) is 4.45. The van der Waals surface area contributed by atoms with E-state index in [1.165, 1.54) is 23.1 Å². The number of ketones is 1. The number of hydrogen-bond acceptors (Lipinski definition) is 3.